The minimum atomic E-state index is -0.782. The molecule has 3 heteroatoms. The molecule has 3 rings (SSSR count). The number of rotatable bonds is 3. The van der Waals surface area contributed by atoms with Gasteiger partial charge in [-0.25, -0.2) is 0 Å². The van der Waals surface area contributed by atoms with Crippen molar-refractivity contribution >= 4 is 17.6 Å². The highest BCUT2D eigenvalue weighted by molar-refractivity contribution is 6.33. The predicted molar refractivity (Wildman–Crippen MR) is 80.4 cm³/mol. The van der Waals surface area contributed by atoms with Crippen LogP contribution < -0.4 is 0 Å². The average molecular weight is 287 g/mol. The van der Waals surface area contributed by atoms with Crippen LogP contribution in [-0.2, 0) is 11.2 Å². The Labute approximate surface area is 123 Å². The molecule has 0 saturated heterocycles. The monoisotopic (exact) mass is 286 g/mol. The maximum atomic E-state index is 11.2. The number of carboxylic acid groups (broad SMARTS) is 1. The molecular formula is C17H15ClO2. The zero-order valence-electron chi connectivity index (χ0n) is 11.2. The molecule has 0 radical (unpaired) electrons. The molecule has 0 fully saturated rings. The number of aliphatic carboxylic acids is 1. The molecule has 2 aromatic carbocycles. The lowest BCUT2D eigenvalue weighted by Gasteiger charge is -2.11. The maximum Gasteiger partial charge on any atom is 0.304 e. The molecule has 1 unspecified atom stereocenters. The van der Waals surface area contributed by atoms with Gasteiger partial charge in [-0.1, -0.05) is 48.9 Å². The molecule has 2 aromatic rings. The van der Waals surface area contributed by atoms with Crippen LogP contribution in [-0.4, -0.2) is 11.1 Å². The zero-order valence-corrected chi connectivity index (χ0v) is 11.9. The van der Waals surface area contributed by atoms with E-state index in [1.807, 2.05) is 18.2 Å². The van der Waals surface area contributed by atoms with Gasteiger partial charge in [-0.05, 0) is 34.7 Å². The Morgan fingerprint density at radius 3 is 2.75 bits per heavy atom. The van der Waals surface area contributed by atoms with Crippen molar-refractivity contribution in [2.45, 2.75) is 25.7 Å². The fourth-order valence-electron chi connectivity index (χ4n) is 3.03. The highest BCUT2D eigenvalue weighted by Gasteiger charge is 2.31. The third kappa shape index (κ3) is 2.01. The second kappa shape index (κ2) is 4.95. The average Bonchev–Trinajstić information content (AvgIpc) is 2.73. The third-order valence-electron chi connectivity index (χ3n) is 3.97. The molecule has 0 heterocycles. The largest absolute Gasteiger partial charge is 0.481 e. The lowest BCUT2D eigenvalue weighted by molar-refractivity contribution is -0.137. The second-order valence-corrected chi connectivity index (χ2v) is 5.54. The van der Waals surface area contributed by atoms with Crippen molar-refractivity contribution in [3.63, 3.8) is 0 Å². The molecule has 2 nitrogen and oxygen atoms in total. The minimum Gasteiger partial charge on any atom is -0.481 e. The number of carboxylic acids is 1. The lowest BCUT2D eigenvalue weighted by atomic mass is 9.92. The number of hydrogen-bond acceptors (Lipinski definition) is 1. The number of aryl methyl sites for hydroxylation is 1. The molecule has 0 amide bonds. The van der Waals surface area contributed by atoms with E-state index < -0.39 is 5.97 Å². The molecule has 1 aliphatic carbocycles. The van der Waals surface area contributed by atoms with E-state index in [0.29, 0.717) is 5.02 Å². The van der Waals surface area contributed by atoms with E-state index in [-0.39, 0.29) is 12.3 Å². The Morgan fingerprint density at radius 1 is 1.25 bits per heavy atom. The number of carbonyl (C=O) groups is 1. The van der Waals surface area contributed by atoms with Gasteiger partial charge < -0.3 is 5.11 Å². The highest BCUT2D eigenvalue weighted by Crippen LogP contribution is 2.49. The summed E-state index contributed by atoms with van der Waals surface area (Å²) in [5.41, 5.74) is 5.42. The summed E-state index contributed by atoms with van der Waals surface area (Å²) in [6, 6.07) is 12.0. The number of hydrogen-bond donors (Lipinski definition) is 1. The van der Waals surface area contributed by atoms with Crippen LogP contribution in [0.3, 0.4) is 0 Å². The van der Waals surface area contributed by atoms with E-state index in [2.05, 4.69) is 25.1 Å². The smallest absolute Gasteiger partial charge is 0.304 e. The summed E-state index contributed by atoms with van der Waals surface area (Å²) in [5, 5.41) is 9.88. The van der Waals surface area contributed by atoms with Crippen molar-refractivity contribution in [2.75, 3.05) is 0 Å². The Bertz CT molecular complexity index is 691. The highest BCUT2D eigenvalue weighted by atomic mass is 35.5. The van der Waals surface area contributed by atoms with E-state index in [1.54, 1.807) is 0 Å². The topological polar surface area (TPSA) is 37.3 Å². The first-order chi connectivity index (χ1) is 9.61. The molecule has 20 heavy (non-hydrogen) atoms. The summed E-state index contributed by atoms with van der Waals surface area (Å²) in [4.78, 5) is 11.2. The third-order valence-corrected chi connectivity index (χ3v) is 4.28. The van der Waals surface area contributed by atoms with Gasteiger partial charge in [0.2, 0.25) is 0 Å². The van der Waals surface area contributed by atoms with Crippen LogP contribution in [0, 0.1) is 0 Å². The molecule has 1 aliphatic rings. The van der Waals surface area contributed by atoms with Crippen LogP contribution in [0.5, 0.6) is 0 Å². The summed E-state index contributed by atoms with van der Waals surface area (Å²) in [5.74, 6) is -0.877. The fourth-order valence-corrected chi connectivity index (χ4v) is 3.31. The summed E-state index contributed by atoms with van der Waals surface area (Å²) in [6.07, 6.45) is 1.05. The van der Waals surface area contributed by atoms with Crippen LogP contribution in [0.4, 0.5) is 0 Å². The second-order valence-electron chi connectivity index (χ2n) is 5.13. The van der Waals surface area contributed by atoms with Crippen LogP contribution in [0.1, 0.15) is 36.0 Å². The van der Waals surface area contributed by atoms with Gasteiger partial charge in [0.25, 0.3) is 0 Å². The summed E-state index contributed by atoms with van der Waals surface area (Å²) in [6.45, 7) is 2.10. The van der Waals surface area contributed by atoms with Crippen LogP contribution in [0.2, 0.25) is 5.02 Å². The van der Waals surface area contributed by atoms with Crippen LogP contribution in [0.15, 0.2) is 36.4 Å². The normalized spacial score (nSPS) is 15.8. The standard InChI is InChI=1S/C17H15ClO2/c1-2-10-6-7-12-13(8-10)14(9-16(19)20)11-4-3-5-15(18)17(11)12/h3-8,14H,2,9H2,1H3,(H,19,20). The van der Waals surface area contributed by atoms with Crippen molar-refractivity contribution in [3.8, 4) is 11.1 Å². The van der Waals surface area contributed by atoms with Gasteiger partial charge in [-0.15, -0.1) is 0 Å². The quantitative estimate of drug-likeness (QED) is 0.902. The van der Waals surface area contributed by atoms with Crippen molar-refractivity contribution in [3.05, 3.63) is 58.1 Å². The molecule has 102 valence electrons. The molecule has 0 aromatic heterocycles. The summed E-state index contributed by atoms with van der Waals surface area (Å²) in [7, 11) is 0. The Morgan fingerprint density at radius 2 is 2.05 bits per heavy atom. The molecular weight excluding hydrogens is 272 g/mol. The van der Waals surface area contributed by atoms with Gasteiger partial charge in [0.1, 0.15) is 0 Å². The summed E-state index contributed by atoms with van der Waals surface area (Å²) < 4.78 is 0. The van der Waals surface area contributed by atoms with Gasteiger partial charge in [-0.3, -0.25) is 4.79 Å². The maximum absolute atomic E-state index is 11.2. The molecule has 0 saturated carbocycles. The van der Waals surface area contributed by atoms with Gasteiger partial charge in [0, 0.05) is 16.5 Å². The Balaban J connectivity index is 2.23. The molecule has 0 spiro atoms. The zero-order chi connectivity index (χ0) is 14.3. The minimum absolute atomic E-state index is 0.0947. The van der Waals surface area contributed by atoms with E-state index >= 15 is 0 Å². The van der Waals surface area contributed by atoms with E-state index in [0.717, 1.165) is 28.7 Å². The van der Waals surface area contributed by atoms with Gasteiger partial charge in [0.15, 0.2) is 0 Å². The molecule has 0 bridgehead atoms. The first kappa shape index (κ1) is 13.2. The number of fused-ring (bicyclic) bond motifs is 3. The van der Waals surface area contributed by atoms with Crippen molar-refractivity contribution < 1.29 is 9.90 Å². The fraction of sp³-hybridized carbons (Fsp3) is 0.235. The Hall–Kier alpha value is -1.80. The lowest BCUT2D eigenvalue weighted by Crippen LogP contribution is -2.05. The number of halogens is 1. The van der Waals surface area contributed by atoms with Gasteiger partial charge in [-0.2, -0.15) is 0 Å². The SMILES string of the molecule is CCc1ccc2c(c1)C(CC(=O)O)c1cccc(Cl)c1-2. The number of benzene rings is 2. The van der Waals surface area contributed by atoms with Crippen molar-refractivity contribution in [1.82, 2.24) is 0 Å². The van der Waals surface area contributed by atoms with E-state index in [4.69, 9.17) is 11.6 Å². The molecule has 0 aliphatic heterocycles. The van der Waals surface area contributed by atoms with Crippen molar-refractivity contribution in [2.24, 2.45) is 0 Å². The van der Waals surface area contributed by atoms with Crippen LogP contribution >= 0.6 is 11.6 Å². The van der Waals surface area contributed by atoms with Gasteiger partial charge in [0.05, 0.1) is 6.42 Å². The first-order valence-electron chi connectivity index (χ1n) is 6.75. The molecule has 1 atom stereocenters. The first-order valence-corrected chi connectivity index (χ1v) is 7.13. The van der Waals surface area contributed by atoms with Crippen molar-refractivity contribution in [1.29, 1.82) is 0 Å². The molecule has 1 N–H and O–H groups in total. The predicted octanol–water partition coefficient (Wildman–Crippen LogP) is 4.49. The Kier molecular flexibility index (Phi) is 3.27. The van der Waals surface area contributed by atoms with Gasteiger partial charge >= 0.3 is 5.97 Å². The van der Waals surface area contributed by atoms with E-state index in [1.165, 1.54) is 5.56 Å². The van der Waals surface area contributed by atoms with E-state index in [9.17, 15) is 9.90 Å². The summed E-state index contributed by atoms with van der Waals surface area (Å²) >= 11 is 6.33. The van der Waals surface area contributed by atoms with Crippen LogP contribution in [0.25, 0.3) is 11.1 Å².